The number of rotatable bonds is 17. The smallest absolute Gasteiger partial charge is 0.338 e. The van der Waals surface area contributed by atoms with Gasteiger partial charge >= 0.3 is 11.9 Å². The van der Waals surface area contributed by atoms with Crippen LogP contribution < -0.4 is 4.74 Å². The van der Waals surface area contributed by atoms with Crippen LogP contribution in [0, 0.1) is 0 Å². The van der Waals surface area contributed by atoms with Crippen LogP contribution in [0.4, 0.5) is 0 Å². The highest BCUT2D eigenvalue weighted by molar-refractivity contribution is 6.03. The van der Waals surface area contributed by atoms with Gasteiger partial charge in [0.25, 0.3) is 0 Å². The zero-order valence-corrected chi connectivity index (χ0v) is 17.6. The van der Waals surface area contributed by atoms with E-state index in [1.807, 2.05) is 0 Å². The molecular formula is C21H30O9. The zero-order valence-electron chi connectivity index (χ0n) is 17.6. The van der Waals surface area contributed by atoms with E-state index in [9.17, 15) is 9.59 Å². The SMILES string of the molecule is C=CCOCCOCCOCCOCCOc1ccc(C(=O)OC)c(C(=O)OC)c1. The van der Waals surface area contributed by atoms with Gasteiger partial charge in [0.15, 0.2) is 0 Å². The van der Waals surface area contributed by atoms with Crippen LogP contribution in [0.1, 0.15) is 20.7 Å². The Morgan fingerprint density at radius 1 is 0.767 bits per heavy atom. The molecule has 1 rings (SSSR count). The van der Waals surface area contributed by atoms with Crippen molar-refractivity contribution in [2.75, 3.05) is 73.7 Å². The highest BCUT2D eigenvalue weighted by Crippen LogP contribution is 2.20. The van der Waals surface area contributed by atoms with Gasteiger partial charge in [-0.05, 0) is 18.2 Å². The summed E-state index contributed by atoms with van der Waals surface area (Å²) in [5.41, 5.74) is 0.184. The first kappa shape index (κ1) is 25.6. The van der Waals surface area contributed by atoms with Gasteiger partial charge in [0, 0.05) is 0 Å². The number of ether oxygens (including phenoxy) is 7. The zero-order chi connectivity index (χ0) is 22.0. The molecule has 0 saturated carbocycles. The maximum Gasteiger partial charge on any atom is 0.338 e. The quantitative estimate of drug-likeness (QED) is 0.210. The summed E-state index contributed by atoms with van der Waals surface area (Å²) in [7, 11) is 2.47. The summed E-state index contributed by atoms with van der Waals surface area (Å²) in [6.07, 6.45) is 1.69. The average molecular weight is 426 g/mol. The van der Waals surface area contributed by atoms with Crippen LogP contribution in [-0.2, 0) is 28.4 Å². The van der Waals surface area contributed by atoms with Crippen molar-refractivity contribution in [1.82, 2.24) is 0 Å². The lowest BCUT2D eigenvalue weighted by Crippen LogP contribution is -2.14. The van der Waals surface area contributed by atoms with Gasteiger partial charge in [-0.15, -0.1) is 6.58 Å². The van der Waals surface area contributed by atoms with Gasteiger partial charge in [0.2, 0.25) is 0 Å². The number of methoxy groups -OCH3 is 2. The van der Waals surface area contributed by atoms with E-state index in [2.05, 4.69) is 11.3 Å². The topological polar surface area (TPSA) is 98.8 Å². The molecule has 0 aliphatic heterocycles. The number of carbonyl (C=O) groups is 2. The Labute approximate surface area is 176 Å². The lowest BCUT2D eigenvalue weighted by atomic mass is 10.1. The summed E-state index contributed by atoms with van der Waals surface area (Å²) in [5.74, 6) is -0.864. The molecule has 9 heteroatoms. The molecule has 168 valence electrons. The van der Waals surface area contributed by atoms with E-state index in [-0.39, 0.29) is 17.7 Å². The van der Waals surface area contributed by atoms with E-state index in [1.165, 1.54) is 26.4 Å². The first-order chi connectivity index (χ1) is 14.6. The lowest BCUT2D eigenvalue weighted by molar-refractivity contribution is -0.00221. The summed E-state index contributed by atoms with van der Waals surface area (Å²) >= 11 is 0. The van der Waals surface area contributed by atoms with Crippen molar-refractivity contribution < 1.29 is 42.7 Å². The van der Waals surface area contributed by atoms with Gasteiger partial charge in [0.05, 0.1) is 78.2 Å². The number of hydrogen-bond donors (Lipinski definition) is 0. The highest BCUT2D eigenvalue weighted by Gasteiger charge is 2.19. The predicted octanol–water partition coefficient (Wildman–Crippen LogP) is 1.89. The Morgan fingerprint density at radius 2 is 1.27 bits per heavy atom. The first-order valence-corrected chi connectivity index (χ1v) is 9.49. The van der Waals surface area contributed by atoms with E-state index < -0.39 is 11.9 Å². The van der Waals surface area contributed by atoms with Gasteiger partial charge in [-0.1, -0.05) is 6.08 Å². The van der Waals surface area contributed by atoms with Crippen LogP contribution in [0.3, 0.4) is 0 Å². The van der Waals surface area contributed by atoms with Gasteiger partial charge < -0.3 is 33.2 Å². The Hall–Kier alpha value is -2.46. The number of esters is 2. The fourth-order valence-electron chi connectivity index (χ4n) is 2.22. The molecule has 1 aromatic carbocycles. The third-order valence-corrected chi connectivity index (χ3v) is 3.65. The Bertz CT molecular complexity index is 645. The molecule has 0 spiro atoms. The number of hydrogen-bond acceptors (Lipinski definition) is 9. The summed E-state index contributed by atoms with van der Waals surface area (Å²) in [4.78, 5) is 23.6. The fraction of sp³-hybridized carbons (Fsp3) is 0.524. The van der Waals surface area contributed by atoms with E-state index >= 15 is 0 Å². The third kappa shape index (κ3) is 10.4. The molecule has 0 N–H and O–H groups in total. The molecule has 0 aromatic heterocycles. The molecule has 0 radical (unpaired) electrons. The molecule has 9 nitrogen and oxygen atoms in total. The fourth-order valence-corrected chi connectivity index (χ4v) is 2.22. The van der Waals surface area contributed by atoms with Gasteiger partial charge in [-0.25, -0.2) is 9.59 Å². The predicted molar refractivity (Wildman–Crippen MR) is 108 cm³/mol. The Kier molecular flexibility index (Phi) is 13.9. The summed E-state index contributed by atoms with van der Waals surface area (Å²) in [6.45, 7) is 7.56. The monoisotopic (exact) mass is 426 g/mol. The van der Waals surface area contributed by atoms with E-state index in [4.69, 9.17) is 28.4 Å². The van der Waals surface area contributed by atoms with E-state index in [0.717, 1.165) is 0 Å². The van der Waals surface area contributed by atoms with Crippen molar-refractivity contribution in [3.8, 4) is 5.75 Å². The van der Waals surface area contributed by atoms with Crippen molar-refractivity contribution in [2.45, 2.75) is 0 Å². The molecule has 0 fully saturated rings. The van der Waals surface area contributed by atoms with Crippen LogP contribution in [0.2, 0.25) is 0 Å². The minimum Gasteiger partial charge on any atom is -0.491 e. The molecule has 0 saturated heterocycles. The minimum absolute atomic E-state index is 0.0747. The van der Waals surface area contributed by atoms with Crippen molar-refractivity contribution in [3.05, 3.63) is 42.0 Å². The molecule has 30 heavy (non-hydrogen) atoms. The van der Waals surface area contributed by atoms with Crippen LogP contribution in [-0.4, -0.2) is 85.6 Å². The maximum absolute atomic E-state index is 11.9. The standard InChI is InChI=1S/C21H30O9/c1-4-7-26-8-9-27-10-11-28-12-13-29-14-15-30-17-5-6-18(20(22)24-2)19(16-17)21(23)25-3/h4-6,16H,1,7-15H2,2-3H3. The first-order valence-electron chi connectivity index (χ1n) is 9.49. The molecule has 0 heterocycles. The average Bonchev–Trinajstić information content (AvgIpc) is 2.78. The summed E-state index contributed by atoms with van der Waals surface area (Å²) < 4.78 is 36.2. The molecule has 0 amide bonds. The van der Waals surface area contributed by atoms with Crippen LogP contribution in [0.5, 0.6) is 5.75 Å². The summed E-state index contributed by atoms with van der Waals surface area (Å²) in [5, 5.41) is 0. The van der Waals surface area contributed by atoms with E-state index in [0.29, 0.717) is 58.6 Å². The normalized spacial score (nSPS) is 10.5. The number of carbonyl (C=O) groups excluding carboxylic acids is 2. The van der Waals surface area contributed by atoms with Gasteiger partial charge in [0.1, 0.15) is 12.4 Å². The number of benzene rings is 1. The Morgan fingerprint density at radius 3 is 1.80 bits per heavy atom. The molecule has 0 unspecified atom stereocenters. The van der Waals surface area contributed by atoms with Gasteiger partial charge in [-0.2, -0.15) is 0 Å². The highest BCUT2D eigenvalue weighted by atomic mass is 16.6. The minimum atomic E-state index is -0.650. The van der Waals surface area contributed by atoms with Crippen LogP contribution in [0.15, 0.2) is 30.9 Å². The van der Waals surface area contributed by atoms with E-state index in [1.54, 1.807) is 12.1 Å². The molecule has 0 atom stereocenters. The molecular weight excluding hydrogens is 396 g/mol. The lowest BCUT2D eigenvalue weighted by Gasteiger charge is -2.11. The second kappa shape index (κ2) is 16.3. The second-order valence-corrected chi connectivity index (χ2v) is 5.74. The van der Waals surface area contributed by atoms with Crippen molar-refractivity contribution in [3.63, 3.8) is 0 Å². The Balaban J connectivity index is 2.16. The molecule has 1 aromatic rings. The van der Waals surface area contributed by atoms with Crippen molar-refractivity contribution in [1.29, 1.82) is 0 Å². The largest absolute Gasteiger partial charge is 0.491 e. The third-order valence-electron chi connectivity index (χ3n) is 3.65. The van der Waals surface area contributed by atoms with Gasteiger partial charge in [-0.3, -0.25) is 0 Å². The second-order valence-electron chi connectivity index (χ2n) is 5.74. The molecule has 0 bridgehead atoms. The van der Waals surface area contributed by atoms with Crippen LogP contribution in [0.25, 0.3) is 0 Å². The summed E-state index contributed by atoms with van der Waals surface area (Å²) in [6, 6.07) is 4.46. The van der Waals surface area contributed by atoms with Crippen LogP contribution >= 0.6 is 0 Å². The molecule has 0 aliphatic carbocycles. The molecule has 0 aliphatic rings. The maximum atomic E-state index is 11.9. The van der Waals surface area contributed by atoms with Crippen molar-refractivity contribution >= 4 is 11.9 Å². The van der Waals surface area contributed by atoms with Crippen molar-refractivity contribution in [2.24, 2.45) is 0 Å².